The van der Waals surface area contributed by atoms with Crippen molar-refractivity contribution in [2.75, 3.05) is 0 Å². The molecule has 1 aromatic carbocycles. The predicted octanol–water partition coefficient (Wildman–Crippen LogP) is 2.21. The van der Waals surface area contributed by atoms with E-state index in [0.717, 1.165) is 5.69 Å². The fraction of sp³-hybridized carbons (Fsp3) is 0.412. The Morgan fingerprint density at radius 2 is 2.00 bits per heavy atom. The molecule has 124 valence electrons. The Balaban J connectivity index is 2.13. The Bertz CT molecular complexity index is 673. The number of hydrogen-bond donors (Lipinski definition) is 2. The van der Waals surface area contributed by atoms with Crippen LogP contribution in [0.4, 0.5) is 0 Å². The minimum atomic E-state index is -1.44. The number of benzene rings is 1. The van der Waals surface area contributed by atoms with Gasteiger partial charge in [-0.25, -0.2) is 4.79 Å². The summed E-state index contributed by atoms with van der Waals surface area (Å²) in [7, 11) is 0. The molecule has 0 unspecified atom stereocenters. The lowest BCUT2D eigenvalue weighted by Crippen LogP contribution is -2.26. The van der Waals surface area contributed by atoms with Crippen LogP contribution < -0.4 is 4.74 Å². The highest BCUT2D eigenvalue weighted by molar-refractivity contribution is 5.72. The molecular formula is C17H22N2O4. The smallest absolute Gasteiger partial charge is 0.332 e. The molecule has 0 amide bonds. The predicted molar refractivity (Wildman–Crippen MR) is 85.3 cm³/mol. The molecule has 0 fully saturated rings. The van der Waals surface area contributed by atoms with Crippen LogP contribution in [0, 0.1) is 0 Å². The summed E-state index contributed by atoms with van der Waals surface area (Å²) in [4.78, 5) is 10.8. The topological polar surface area (TPSA) is 84.6 Å². The van der Waals surface area contributed by atoms with Crippen LogP contribution in [0.15, 0.2) is 36.5 Å². The lowest BCUT2D eigenvalue weighted by atomic mass is 10.1. The quantitative estimate of drug-likeness (QED) is 0.853. The normalized spacial score (nSPS) is 12.9. The van der Waals surface area contributed by atoms with Gasteiger partial charge in [0.05, 0.1) is 11.2 Å². The van der Waals surface area contributed by atoms with Gasteiger partial charge in [-0.1, -0.05) is 18.2 Å². The zero-order valence-electron chi connectivity index (χ0n) is 13.6. The van der Waals surface area contributed by atoms with Gasteiger partial charge in [-0.2, -0.15) is 5.10 Å². The van der Waals surface area contributed by atoms with Gasteiger partial charge in [-0.05, 0) is 38.5 Å². The van der Waals surface area contributed by atoms with Gasteiger partial charge in [0, 0.05) is 12.6 Å². The lowest BCUT2D eigenvalue weighted by molar-refractivity contribution is -0.146. The molecule has 2 aromatic rings. The van der Waals surface area contributed by atoms with Crippen molar-refractivity contribution in [2.45, 2.75) is 45.4 Å². The molecule has 6 heteroatoms. The highest BCUT2D eigenvalue weighted by Crippen LogP contribution is 2.22. The summed E-state index contributed by atoms with van der Waals surface area (Å²) in [6, 6.07) is 9.01. The molecule has 0 saturated carbocycles. The number of aromatic nitrogens is 2. The van der Waals surface area contributed by atoms with E-state index < -0.39 is 12.1 Å². The third-order valence-electron chi connectivity index (χ3n) is 3.40. The van der Waals surface area contributed by atoms with Crippen LogP contribution in [0.1, 0.15) is 32.0 Å². The molecule has 2 rings (SSSR count). The average molecular weight is 318 g/mol. The summed E-state index contributed by atoms with van der Waals surface area (Å²) in [5, 5.41) is 22.7. The average Bonchev–Trinajstić information content (AvgIpc) is 2.94. The van der Waals surface area contributed by atoms with E-state index in [0.29, 0.717) is 17.9 Å². The number of carbonyl (C=O) groups is 1. The van der Waals surface area contributed by atoms with Gasteiger partial charge in [0.15, 0.2) is 6.10 Å². The molecular weight excluding hydrogens is 296 g/mol. The summed E-state index contributed by atoms with van der Waals surface area (Å²) in [5.74, 6) is -0.680. The first-order valence-corrected chi connectivity index (χ1v) is 7.44. The summed E-state index contributed by atoms with van der Waals surface area (Å²) in [6.07, 6.45) is 0.286. The molecule has 0 spiro atoms. The number of rotatable bonds is 6. The standard InChI is InChI=1S/C17H22N2O4/c1-17(2,3)19-13(8-9-18-19)11-23-15-7-5-4-6-12(15)10-14(20)16(21)22/h4-9,14,20H,10-11H2,1-3H3,(H,21,22)/t14-/m1/s1. The fourth-order valence-electron chi connectivity index (χ4n) is 2.30. The van der Waals surface area contributed by atoms with Gasteiger partial charge in [0.1, 0.15) is 12.4 Å². The number of aliphatic hydroxyl groups is 1. The number of ether oxygens (including phenoxy) is 1. The first-order chi connectivity index (χ1) is 10.8. The Morgan fingerprint density at radius 3 is 2.65 bits per heavy atom. The maximum atomic E-state index is 10.8. The molecule has 1 aromatic heterocycles. The van der Waals surface area contributed by atoms with Crippen LogP contribution in [-0.2, 0) is 23.4 Å². The number of hydrogen-bond acceptors (Lipinski definition) is 4. The second kappa shape index (κ2) is 6.83. The van der Waals surface area contributed by atoms with Crippen molar-refractivity contribution in [3.05, 3.63) is 47.8 Å². The summed E-state index contributed by atoms with van der Waals surface area (Å²) in [5.41, 5.74) is 1.43. The maximum Gasteiger partial charge on any atom is 0.332 e. The molecule has 0 aliphatic rings. The van der Waals surface area contributed by atoms with Gasteiger partial charge < -0.3 is 14.9 Å². The van der Waals surface area contributed by atoms with Crippen LogP contribution >= 0.6 is 0 Å². The molecule has 1 atom stereocenters. The SMILES string of the molecule is CC(C)(C)n1nccc1COc1ccccc1C[C@@H](O)C(=O)O. The van der Waals surface area contributed by atoms with Gasteiger partial charge >= 0.3 is 5.97 Å². The molecule has 0 saturated heterocycles. The maximum absolute atomic E-state index is 10.8. The number of aliphatic hydroxyl groups excluding tert-OH is 1. The lowest BCUT2D eigenvalue weighted by Gasteiger charge is -2.22. The van der Waals surface area contributed by atoms with Crippen LogP contribution in [0.2, 0.25) is 0 Å². The molecule has 0 aliphatic carbocycles. The summed E-state index contributed by atoms with van der Waals surface area (Å²) < 4.78 is 7.72. The second-order valence-corrected chi connectivity index (χ2v) is 6.36. The molecule has 0 aliphatic heterocycles. The fourth-order valence-corrected chi connectivity index (χ4v) is 2.30. The number of carboxylic acids is 1. The van der Waals surface area contributed by atoms with Crippen molar-refractivity contribution in [3.8, 4) is 5.75 Å². The number of para-hydroxylation sites is 1. The van der Waals surface area contributed by atoms with Crippen LogP contribution in [0.5, 0.6) is 5.75 Å². The van der Waals surface area contributed by atoms with Gasteiger partial charge in [0.2, 0.25) is 0 Å². The molecule has 0 radical (unpaired) electrons. The summed E-state index contributed by atoms with van der Waals surface area (Å²) >= 11 is 0. The van der Waals surface area contributed by atoms with E-state index in [-0.39, 0.29) is 12.0 Å². The number of nitrogens with zero attached hydrogens (tertiary/aromatic N) is 2. The zero-order chi connectivity index (χ0) is 17.0. The molecule has 23 heavy (non-hydrogen) atoms. The minimum Gasteiger partial charge on any atom is -0.487 e. The number of aliphatic carboxylic acids is 1. The van der Waals surface area contributed by atoms with E-state index in [1.54, 1.807) is 24.4 Å². The van der Waals surface area contributed by atoms with Crippen molar-refractivity contribution in [1.82, 2.24) is 9.78 Å². The Morgan fingerprint density at radius 1 is 1.30 bits per heavy atom. The van der Waals surface area contributed by atoms with Crippen LogP contribution in [0.25, 0.3) is 0 Å². The Kier molecular flexibility index (Phi) is 5.05. The zero-order valence-corrected chi connectivity index (χ0v) is 13.6. The van der Waals surface area contributed by atoms with Gasteiger partial charge in [0.25, 0.3) is 0 Å². The Hall–Kier alpha value is -2.34. The summed E-state index contributed by atoms with van der Waals surface area (Å²) in [6.45, 7) is 6.49. The van der Waals surface area contributed by atoms with E-state index >= 15 is 0 Å². The molecule has 2 N–H and O–H groups in total. The van der Waals surface area contributed by atoms with E-state index in [1.165, 1.54) is 0 Å². The van der Waals surface area contributed by atoms with Crippen molar-refractivity contribution < 1.29 is 19.7 Å². The first-order valence-electron chi connectivity index (χ1n) is 7.44. The number of carboxylic acid groups (broad SMARTS) is 1. The van der Waals surface area contributed by atoms with Crippen LogP contribution in [-0.4, -0.2) is 32.1 Å². The van der Waals surface area contributed by atoms with E-state index in [1.807, 2.05) is 16.8 Å². The third kappa shape index (κ3) is 4.32. The largest absolute Gasteiger partial charge is 0.487 e. The van der Waals surface area contributed by atoms with Crippen LogP contribution in [0.3, 0.4) is 0 Å². The van der Waals surface area contributed by atoms with E-state index in [4.69, 9.17) is 9.84 Å². The van der Waals surface area contributed by atoms with Gasteiger partial charge in [-0.3, -0.25) is 4.68 Å². The molecule has 6 nitrogen and oxygen atoms in total. The highest BCUT2D eigenvalue weighted by atomic mass is 16.5. The van der Waals surface area contributed by atoms with Crippen molar-refractivity contribution in [2.24, 2.45) is 0 Å². The monoisotopic (exact) mass is 318 g/mol. The first kappa shape index (κ1) is 17.0. The van der Waals surface area contributed by atoms with Crippen molar-refractivity contribution >= 4 is 5.97 Å². The van der Waals surface area contributed by atoms with Crippen molar-refractivity contribution in [1.29, 1.82) is 0 Å². The van der Waals surface area contributed by atoms with E-state index in [2.05, 4.69) is 25.9 Å². The highest BCUT2D eigenvalue weighted by Gasteiger charge is 2.19. The molecule has 1 heterocycles. The van der Waals surface area contributed by atoms with Gasteiger partial charge in [-0.15, -0.1) is 0 Å². The third-order valence-corrected chi connectivity index (χ3v) is 3.40. The minimum absolute atomic E-state index is 0.00401. The second-order valence-electron chi connectivity index (χ2n) is 6.36. The van der Waals surface area contributed by atoms with E-state index in [9.17, 15) is 9.90 Å². The van der Waals surface area contributed by atoms with Crippen molar-refractivity contribution in [3.63, 3.8) is 0 Å². The Labute approximate surface area is 135 Å². The molecule has 0 bridgehead atoms.